The van der Waals surface area contributed by atoms with Crippen LogP contribution in [0.2, 0.25) is 0 Å². The van der Waals surface area contributed by atoms with Crippen molar-refractivity contribution in [1.82, 2.24) is 4.98 Å². The summed E-state index contributed by atoms with van der Waals surface area (Å²) in [5, 5.41) is -2.16. The summed E-state index contributed by atoms with van der Waals surface area (Å²) in [7, 11) is -4.66. The van der Waals surface area contributed by atoms with Gasteiger partial charge in [-0.3, -0.25) is 9.78 Å². The third-order valence-electron chi connectivity index (χ3n) is 4.21. The van der Waals surface area contributed by atoms with Crippen molar-refractivity contribution >= 4 is 15.7 Å². The average Bonchev–Trinajstić information content (AvgIpc) is 2.60. The molecule has 2 aromatic rings. The van der Waals surface area contributed by atoms with Gasteiger partial charge in [0.15, 0.2) is 21.5 Å². The lowest BCUT2D eigenvalue weighted by Gasteiger charge is -2.22. The van der Waals surface area contributed by atoms with Gasteiger partial charge in [-0.2, -0.15) is 0 Å². The molecule has 1 unspecified atom stereocenters. The summed E-state index contributed by atoms with van der Waals surface area (Å²) in [6.45, 7) is 1.81. The molecule has 2 N–H and O–H groups in total. The first-order valence-electron chi connectivity index (χ1n) is 8.23. The van der Waals surface area contributed by atoms with Crippen molar-refractivity contribution in [2.24, 2.45) is 5.73 Å². The standard InChI is InChI=1S/C18H17F5N2O3S/c1-9-7-13(17(24)26)25-8-10(9)16(29(27,28)6-5-18(2,22)23)14-11(19)3-4-12(20)15(14)21/h3-4,7-8,16H,5-6H2,1-2H3,(H2,24,26). The molecule has 1 heterocycles. The zero-order valence-corrected chi connectivity index (χ0v) is 16.2. The number of rotatable bonds is 7. The number of hydrogen-bond acceptors (Lipinski definition) is 4. The molecule has 11 heteroatoms. The van der Waals surface area contributed by atoms with Crippen LogP contribution in [0.1, 0.15) is 45.8 Å². The van der Waals surface area contributed by atoms with E-state index in [0.29, 0.717) is 19.1 Å². The van der Waals surface area contributed by atoms with Gasteiger partial charge in [-0.1, -0.05) is 0 Å². The van der Waals surface area contributed by atoms with Gasteiger partial charge in [0.1, 0.15) is 16.8 Å². The molecule has 0 fully saturated rings. The minimum atomic E-state index is -4.66. The van der Waals surface area contributed by atoms with Crippen LogP contribution >= 0.6 is 0 Å². The Balaban J connectivity index is 2.75. The van der Waals surface area contributed by atoms with Gasteiger partial charge in [0.25, 0.3) is 5.91 Å². The zero-order valence-electron chi connectivity index (χ0n) is 15.3. The van der Waals surface area contributed by atoms with Crippen molar-refractivity contribution < 1.29 is 35.2 Å². The third-order valence-corrected chi connectivity index (χ3v) is 6.19. The summed E-state index contributed by atoms with van der Waals surface area (Å²) in [6, 6.07) is 2.09. The number of sulfone groups is 1. The molecule has 0 spiro atoms. The van der Waals surface area contributed by atoms with Crippen LogP contribution in [-0.4, -0.2) is 31.0 Å². The average molecular weight is 436 g/mol. The lowest BCUT2D eigenvalue weighted by Crippen LogP contribution is -2.26. The third kappa shape index (κ3) is 5.08. The quantitative estimate of drug-likeness (QED) is 0.532. The van der Waals surface area contributed by atoms with E-state index < -0.39 is 62.1 Å². The summed E-state index contributed by atoms with van der Waals surface area (Å²) in [5.41, 5.74) is 3.45. The lowest BCUT2D eigenvalue weighted by molar-refractivity contribution is 0.0189. The summed E-state index contributed by atoms with van der Waals surface area (Å²) in [4.78, 5) is 14.9. The molecular weight excluding hydrogens is 419 g/mol. The molecule has 158 valence electrons. The number of amides is 1. The minimum Gasteiger partial charge on any atom is -0.364 e. The van der Waals surface area contributed by atoms with Crippen molar-refractivity contribution in [2.75, 3.05) is 5.75 Å². The highest BCUT2D eigenvalue weighted by molar-refractivity contribution is 7.91. The molecule has 0 saturated heterocycles. The van der Waals surface area contributed by atoms with Crippen LogP contribution in [0.4, 0.5) is 22.0 Å². The van der Waals surface area contributed by atoms with E-state index in [1.807, 2.05) is 0 Å². The van der Waals surface area contributed by atoms with Crippen LogP contribution in [0.5, 0.6) is 0 Å². The number of carbonyl (C=O) groups excluding carboxylic acids is 1. The molecule has 1 atom stereocenters. The van der Waals surface area contributed by atoms with E-state index in [2.05, 4.69) is 4.98 Å². The molecule has 1 aromatic carbocycles. The lowest BCUT2D eigenvalue weighted by atomic mass is 10.00. The Morgan fingerprint density at radius 3 is 2.31 bits per heavy atom. The number of nitrogens with two attached hydrogens (primary N) is 1. The smallest absolute Gasteiger partial charge is 0.267 e. The van der Waals surface area contributed by atoms with Crippen LogP contribution in [0, 0.1) is 24.4 Å². The van der Waals surface area contributed by atoms with E-state index >= 15 is 0 Å². The predicted octanol–water partition coefficient (Wildman–Crippen LogP) is 3.46. The number of halogens is 5. The Kier molecular flexibility index (Phi) is 6.31. The summed E-state index contributed by atoms with van der Waals surface area (Å²) >= 11 is 0. The molecule has 5 nitrogen and oxygen atoms in total. The fourth-order valence-electron chi connectivity index (χ4n) is 2.73. The van der Waals surface area contributed by atoms with Gasteiger partial charge in [-0.25, -0.2) is 30.4 Å². The minimum absolute atomic E-state index is 0.0497. The molecule has 1 aromatic heterocycles. The second-order valence-corrected chi connectivity index (χ2v) is 8.82. The monoisotopic (exact) mass is 436 g/mol. The first kappa shape index (κ1) is 22.7. The number of hydrogen-bond donors (Lipinski definition) is 1. The highest BCUT2D eigenvalue weighted by atomic mass is 32.2. The van der Waals surface area contributed by atoms with E-state index in [1.54, 1.807) is 0 Å². The van der Waals surface area contributed by atoms with Gasteiger partial charge in [0.2, 0.25) is 5.92 Å². The van der Waals surface area contributed by atoms with E-state index in [1.165, 1.54) is 6.92 Å². The Hall–Kier alpha value is -2.56. The van der Waals surface area contributed by atoms with Crippen molar-refractivity contribution in [3.05, 3.63) is 64.2 Å². The normalized spacial score (nSPS) is 13.3. The number of primary amides is 1. The van der Waals surface area contributed by atoms with Gasteiger partial charge < -0.3 is 5.73 Å². The van der Waals surface area contributed by atoms with E-state index in [4.69, 9.17) is 5.73 Å². The maximum absolute atomic E-state index is 14.4. The van der Waals surface area contributed by atoms with E-state index in [9.17, 15) is 35.2 Å². The van der Waals surface area contributed by atoms with Crippen LogP contribution in [0.15, 0.2) is 24.4 Å². The molecule has 29 heavy (non-hydrogen) atoms. The number of benzene rings is 1. The van der Waals surface area contributed by atoms with Gasteiger partial charge in [-0.15, -0.1) is 0 Å². The second-order valence-electron chi connectivity index (χ2n) is 6.61. The Morgan fingerprint density at radius 1 is 1.21 bits per heavy atom. The molecule has 0 aliphatic carbocycles. The summed E-state index contributed by atoms with van der Waals surface area (Å²) < 4.78 is 94.7. The van der Waals surface area contributed by atoms with Crippen molar-refractivity contribution in [2.45, 2.75) is 31.4 Å². The number of carbonyl (C=O) groups is 1. The topological polar surface area (TPSA) is 90.1 Å². The molecule has 0 aliphatic rings. The zero-order chi connectivity index (χ0) is 22.1. The molecule has 2 rings (SSSR count). The number of aryl methyl sites for hydroxylation is 1. The van der Waals surface area contributed by atoms with Crippen LogP contribution in [0.3, 0.4) is 0 Å². The fraction of sp³-hybridized carbons (Fsp3) is 0.333. The summed E-state index contributed by atoms with van der Waals surface area (Å²) in [6.07, 6.45) is -0.262. The van der Waals surface area contributed by atoms with Crippen LogP contribution in [-0.2, 0) is 9.84 Å². The number of nitrogens with zero attached hydrogens (tertiary/aromatic N) is 1. The maximum Gasteiger partial charge on any atom is 0.267 e. The van der Waals surface area contributed by atoms with Crippen molar-refractivity contribution in [3.8, 4) is 0 Å². The van der Waals surface area contributed by atoms with Gasteiger partial charge in [0, 0.05) is 18.2 Å². The van der Waals surface area contributed by atoms with Gasteiger partial charge in [0.05, 0.1) is 5.75 Å². The molecule has 1 amide bonds. The van der Waals surface area contributed by atoms with E-state index in [0.717, 1.165) is 12.3 Å². The largest absolute Gasteiger partial charge is 0.364 e. The first-order chi connectivity index (χ1) is 13.2. The summed E-state index contributed by atoms with van der Waals surface area (Å²) in [5.74, 6) is -10.1. The molecule has 0 aliphatic heterocycles. The Bertz CT molecular complexity index is 1050. The predicted molar refractivity (Wildman–Crippen MR) is 94.7 cm³/mol. The fourth-order valence-corrected chi connectivity index (χ4v) is 4.81. The van der Waals surface area contributed by atoms with E-state index in [-0.39, 0.29) is 16.8 Å². The SMILES string of the molecule is Cc1cc(C(N)=O)ncc1C(c1c(F)ccc(F)c1F)S(=O)(=O)CCC(C)(F)F. The number of alkyl halides is 2. The Labute approximate surface area is 163 Å². The Morgan fingerprint density at radius 2 is 1.79 bits per heavy atom. The first-order valence-corrected chi connectivity index (χ1v) is 9.95. The van der Waals surface area contributed by atoms with Gasteiger partial charge in [-0.05, 0) is 43.2 Å². The molecule has 0 bridgehead atoms. The maximum atomic E-state index is 14.4. The van der Waals surface area contributed by atoms with Crippen LogP contribution < -0.4 is 5.73 Å². The highest BCUT2D eigenvalue weighted by Gasteiger charge is 2.38. The number of aromatic nitrogens is 1. The van der Waals surface area contributed by atoms with Gasteiger partial charge >= 0.3 is 0 Å². The molecular formula is C18H17F5N2O3S. The molecule has 0 radical (unpaired) electrons. The van der Waals surface area contributed by atoms with Crippen molar-refractivity contribution in [3.63, 3.8) is 0 Å². The molecule has 0 saturated carbocycles. The van der Waals surface area contributed by atoms with Crippen molar-refractivity contribution in [1.29, 1.82) is 0 Å². The highest BCUT2D eigenvalue weighted by Crippen LogP contribution is 2.37. The number of pyridine rings is 1. The second kappa shape index (κ2) is 8.05. The van der Waals surface area contributed by atoms with Crippen LogP contribution in [0.25, 0.3) is 0 Å².